The van der Waals surface area contributed by atoms with Crippen molar-refractivity contribution in [3.8, 4) is 5.69 Å². The molecule has 0 amide bonds. The van der Waals surface area contributed by atoms with Crippen molar-refractivity contribution in [2.24, 2.45) is 0 Å². The summed E-state index contributed by atoms with van der Waals surface area (Å²) >= 11 is 0. The van der Waals surface area contributed by atoms with Gasteiger partial charge in [-0.15, -0.1) is 0 Å². The normalized spacial score (nSPS) is 11.2. The van der Waals surface area contributed by atoms with Crippen molar-refractivity contribution < 1.29 is 4.74 Å². The summed E-state index contributed by atoms with van der Waals surface area (Å²) in [6.45, 7) is 4.47. The first-order valence-corrected chi connectivity index (χ1v) is 7.28. The number of methoxy groups -OCH3 is 1. The van der Waals surface area contributed by atoms with Crippen molar-refractivity contribution in [3.63, 3.8) is 0 Å². The fourth-order valence-corrected chi connectivity index (χ4v) is 2.03. The number of rotatable bonds is 9. The second kappa shape index (κ2) is 8.56. The second-order valence-electron chi connectivity index (χ2n) is 5.06. The average Bonchev–Trinajstić information content (AvgIpc) is 2.99. The van der Waals surface area contributed by atoms with Gasteiger partial charge in [0.2, 0.25) is 0 Å². The molecule has 0 aliphatic heterocycles. The van der Waals surface area contributed by atoms with E-state index in [1.165, 1.54) is 0 Å². The SMILES string of the molecule is COCCN(C)CCNCc1ccn(-c2ccccc2)n1. The summed E-state index contributed by atoms with van der Waals surface area (Å²) in [4.78, 5) is 2.25. The zero-order valence-electron chi connectivity index (χ0n) is 12.8. The first-order valence-electron chi connectivity index (χ1n) is 7.28. The van der Waals surface area contributed by atoms with Crippen LogP contribution in [0.5, 0.6) is 0 Å². The molecule has 1 heterocycles. The van der Waals surface area contributed by atoms with Gasteiger partial charge in [0.15, 0.2) is 0 Å². The number of hydrogen-bond donors (Lipinski definition) is 1. The molecule has 0 saturated carbocycles. The van der Waals surface area contributed by atoms with Crippen LogP contribution in [0, 0.1) is 0 Å². The minimum Gasteiger partial charge on any atom is -0.383 e. The minimum atomic E-state index is 0.776. The monoisotopic (exact) mass is 288 g/mol. The number of nitrogens with one attached hydrogen (secondary N) is 1. The number of likely N-dealkylation sites (N-methyl/N-ethyl adjacent to an activating group) is 1. The molecule has 1 N–H and O–H groups in total. The number of nitrogens with zero attached hydrogens (tertiary/aromatic N) is 3. The maximum atomic E-state index is 5.06. The van der Waals surface area contributed by atoms with Crippen LogP contribution in [0.1, 0.15) is 5.69 Å². The van der Waals surface area contributed by atoms with Crippen molar-refractivity contribution in [2.75, 3.05) is 40.4 Å². The van der Waals surface area contributed by atoms with E-state index >= 15 is 0 Å². The first-order chi connectivity index (χ1) is 10.3. The summed E-state index contributed by atoms with van der Waals surface area (Å²) in [6, 6.07) is 12.2. The molecule has 0 aliphatic carbocycles. The molecule has 0 fully saturated rings. The molecular weight excluding hydrogens is 264 g/mol. The molecule has 2 aromatic rings. The molecule has 0 unspecified atom stereocenters. The lowest BCUT2D eigenvalue weighted by molar-refractivity contribution is 0.161. The Hall–Kier alpha value is -1.69. The summed E-state index contributed by atoms with van der Waals surface area (Å²) in [5.41, 5.74) is 2.14. The van der Waals surface area contributed by atoms with Gasteiger partial charge in [0.05, 0.1) is 18.0 Å². The molecule has 2 rings (SSSR count). The number of hydrogen-bond acceptors (Lipinski definition) is 4. The van der Waals surface area contributed by atoms with Crippen molar-refractivity contribution in [3.05, 3.63) is 48.3 Å². The molecule has 0 saturated heterocycles. The zero-order chi connectivity index (χ0) is 14.9. The van der Waals surface area contributed by atoms with Crippen LogP contribution >= 0.6 is 0 Å². The average molecular weight is 288 g/mol. The summed E-state index contributed by atoms with van der Waals surface area (Å²) in [5, 5.41) is 7.98. The van der Waals surface area contributed by atoms with E-state index in [1.807, 2.05) is 29.1 Å². The Bertz CT molecular complexity index is 512. The summed E-state index contributed by atoms with van der Waals surface area (Å²) in [6.07, 6.45) is 2.00. The van der Waals surface area contributed by atoms with E-state index in [1.54, 1.807) is 7.11 Å². The number of aromatic nitrogens is 2. The highest BCUT2D eigenvalue weighted by Gasteiger charge is 2.01. The van der Waals surface area contributed by atoms with Crippen molar-refractivity contribution >= 4 is 0 Å². The fourth-order valence-electron chi connectivity index (χ4n) is 2.03. The molecule has 1 aromatic carbocycles. The molecular formula is C16H24N4O. The van der Waals surface area contributed by atoms with Gasteiger partial charge in [-0.2, -0.15) is 5.10 Å². The Morgan fingerprint density at radius 2 is 2.00 bits per heavy atom. The van der Waals surface area contributed by atoms with Crippen molar-refractivity contribution in [1.82, 2.24) is 20.0 Å². The Morgan fingerprint density at radius 3 is 2.76 bits per heavy atom. The Balaban J connectivity index is 1.71. The Morgan fingerprint density at radius 1 is 1.19 bits per heavy atom. The smallest absolute Gasteiger partial charge is 0.0766 e. The van der Waals surface area contributed by atoms with Gasteiger partial charge in [0.25, 0.3) is 0 Å². The lowest BCUT2D eigenvalue weighted by Crippen LogP contribution is -2.31. The third kappa shape index (κ3) is 5.30. The quantitative estimate of drug-likeness (QED) is 0.711. The van der Waals surface area contributed by atoms with Crippen LogP contribution in [0.25, 0.3) is 5.69 Å². The van der Waals surface area contributed by atoms with Crippen LogP contribution in [0.4, 0.5) is 0 Å². The van der Waals surface area contributed by atoms with Gasteiger partial charge in [-0.1, -0.05) is 18.2 Å². The van der Waals surface area contributed by atoms with Gasteiger partial charge in [-0.3, -0.25) is 0 Å². The molecule has 5 heteroatoms. The topological polar surface area (TPSA) is 42.3 Å². The lowest BCUT2D eigenvalue weighted by Gasteiger charge is -2.15. The van der Waals surface area contributed by atoms with E-state index < -0.39 is 0 Å². The Labute approximate surface area is 126 Å². The fraction of sp³-hybridized carbons (Fsp3) is 0.438. The lowest BCUT2D eigenvalue weighted by atomic mass is 10.3. The second-order valence-corrected chi connectivity index (χ2v) is 5.06. The van der Waals surface area contributed by atoms with Crippen LogP contribution in [0.3, 0.4) is 0 Å². The highest BCUT2D eigenvalue weighted by atomic mass is 16.5. The van der Waals surface area contributed by atoms with Crippen LogP contribution in [0.2, 0.25) is 0 Å². The maximum absolute atomic E-state index is 5.06. The molecule has 5 nitrogen and oxygen atoms in total. The third-order valence-electron chi connectivity index (χ3n) is 3.32. The predicted octanol–water partition coefficient (Wildman–Crippen LogP) is 1.54. The zero-order valence-corrected chi connectivity index (χ0v) is 12.8. The van der Waals surface area contributed by atoms with Gasteiger partial charge in [0, 0.05) is 39.5 Å². The van der Waals surface area contributed by atoms with E-state index in [4.69, 9.17) is 4.74 Å². The Kier molecular flexibility index (Phi) is 6.40. The summed E-state index contributed by atoms with van der Waals surface area (Å²) in [5.74, 6) is 0. The van der Waals surface area contributed by atoms with E-state index in [0.717, 1.165) is 44.2 Å². The van der Waals surface area contributed by atoms with Gasteiger partial charge < -0.3 is 15.0 Å². The van der Waals surface area contributed by atoms with Crippen LogP contribution in [0.15, 0.2) is 42.6 Å². The number of ether oxygens (including phenoxy) is 1. The van der Waals surface area contributed by atoms with Gasteiger partial charge >= 0.3 is 0 Å². The maximum Gasteiger partial charge on any atom is 0.0766 e. The highest BCUT2D eigenvalue weighted by Crippen LogP contribution is 2.06. The van der Waals surface area contributed by atoms with E-state index in [0.29, 0.717) is 0 Å². The van der Waals surface area contributed by atoms with Crippen molar-refractivity contribution in [1.29, 1.82) is 0 Å². The van der Waals surface area contributed by atoms with Gasteiger partial charge in [-0.05, 0) is 25.2 Å². The van der Waals surface area contributed by atoms with Crippen LogP contribution in [-0.2, 0) is 11.3 Å². The van der Waals surface area contributed by atoms with Gasteiger partial charge in [-0.25, -0.2) is 4.68 Å². The third-order valence-corrected chi connectivity index (χ3v) is 3.32. The predicted molar refractivity (Wildman–Crippen MR) is 84.6 cm³/mol. The van der Waals surface area contributed by atoms with Crippen molar-refractivity contribution in [2.45, 2.75) is 6.54 Å². The molecule has 21 heavy (non-hydrogen) atoms. The van der Waals surface area contributed by atoms with Gasteiger partial charge in [0.1, 0.15) is 0 Å². The molecule has 114 valence electrons. The molecule has 0 bridgehead atoms. The van der Waals surface area contributed by atoms with E-state index in [2.05, 4.69) is 40.6 Å². The molecule has 0 radical (unpaired) electrons. The molecule has 1 aromatic heterocycles. The molecule has 0 spiro atoms. The van der Waals surface area contributed by atoms with Crippen LogP contribution < -0.4 is 5.32 Å². The number of benzene rings is 1. The molecule has 0 aliphatic rings. The largest absolute Gasteiger partial charge is 0.383 e. The highest BCUT2D eigenvalue weighted by molar-refractivity contribution is 5.30. The standard InChI is InChI=1S/C16H24N4O/c1-19(12-13-21-2)11-9-17-14-15-8-10-20(18-15)16-6-4-3-5-7-16/h3-8,10,17H,9,11-14H2,1-2H3. The summed E-state index contributed by atoms with van der Waals surface area (Å²) < 4.78 is 6.96. The molecule has 0 atom stereocenters. The number of para-hydroxylation sites is 1. The van der Waals surface area contributed by atoms with Crippen LogP contribution in [-0.4, -0.2) is 55.1 Å². The minimum absolute atomic E-state index is 0.776. The van der Waals surface area contributed by atoms with E-state index in [9.17, 15) is 0 Å². The summed E-state index contributed by atoms with van der Waals surface area (Å²) in [7, 11) is 3.83. The van der Waals surface area contributed by atoms with E-state index in [-0.39, 0.29) is 0 Å². The first kappa shape index (κ1) is 15.7.